The van der Waals surface area contributed by atoms with E-state index < -0.39 is 15.2 Å². The molecule has 0 atom stereocenters. The third-order valence-corrected chi connectivity index (χ3v) is 6.41. The smallest absolute Gasteiger partial charge is 0.398 e. The number of rotatable bonds is 6. The van der Waals surface area contributed by atoms with Crippen molar-refractivity contribution in [1.82, 2.24) is 9.78 Å². The number of hydrogen-bond acceptors (Lipinski definition) is 4. The van der Waals surface area contributed by atoms with Crippen molar-refractivity contribution in [3.63, 3.8) is 0 Å². The van der Waals surface area contributed by atoms with Crippen LogP contribution in [-0.2, 0) is 20.8 Å². The first-order valence-corrected chi connectivity index (χ1v) is 12.1. The van der Waals surface area contributed by atoms with Crippen LogP contribution < -0.4 is 5.59 Å². The van der Waals surface area contributed by atoms with Gasteiger partial charge in [0.1, 0.15) is 6.73 Å². The van der Waals surface area contributed by atoms with Gasteiger partial charge in [0, 0.05) is 20.4 Å². The Hall–Kier alpha value is -0.628. The van der Waals surface area contributed by atoms with Crippen LogP contribution in [0.3, 0.4) is 0 Å². The molecule has 1 aromatic heterocycles. The van der Waals surface area contributed by atoms with Crippen LogP contribution in [0.25, 0.3) is 0 Å². The van der Waals surface area contributed by atoms with Crippen molar-refractivity contribution < 1.29 is 14.0 Å². The molecule has 1 fully saturated rings. The summed E-state index contributed by atoms with van der Waals surface area (Å²) in [6, 6.07) is 3.18. The second-order valence-electron chi connectivity index (χ2n) is 8.65. The molecule has 0 bridgehead atoms. The van der Waals surface area contributed by atoms with E-state index in [0.29, 0.717) is 6.73 Å². The van der Waals surface area contributed by atoms with Gasteiger partial charge in [-0.3, -0.25) is 0 Å². The molecule has 0 aliphatic carbocycles. The first-order valence-electron chi connectivity index (χ1n) is 8.39. The van der Waals surface area contributed by atoms with E-state index in [4.69, 9.17) is 14.0 Å². The number of aryl methyl sites for hydroxylation is 1. The monoisotopic (exact) mass is 338 g/mol. The zero-order valence-electron chi connectivity index (χ0n) is 15.9. The fraction of sp³-hybridized carbons (Fsp3) is 0.812. The highest BCUT2D eigenvalue weighted by Crippen LogP contribution is 2.36. The van der Waals surface area contributed by atoms with Crippen LogP contribution in [-0.4, -0.2) is 42.8 Å². The van der Waals surface area contributed by atoms with E-state index in [1.54, 1.807) is 0 Å². The van der Waals surface area contributed by atoms with Gasteiger partial charge in [-0.15, -0.1) is 0 Å². The van der Waals surface area contributed by atoms with Gasteiger partial charge in [-0.1, -0.05) is 19.6 Å². The summed E-state index contributed by atoms with van der Waals surface area (Å²) < 4.78 is 19.8. The second-order valence-corrected chi connectivity index (χ2v) is 14.3. The van der Waals surface area contributed by atoms with E-state index in [1.807, 2.05) is 17.7 Å². The van der Waals surface area contributed by atoms with Gasteiger partial charge in [0.25, 0.3) is 0 Å². The molecule has 5 nitrogen and oxygen atoms in total. The van der Waals surface area contributed by atoms with E-state index in [1.165, 1.54) is 0 Å². The highest BCUT2D eigenvalue weighted by molar-refractivity contribution is 6.76. The molecule has 130 valence electrons. The van der Waals surface area contributed by atoms with Gasteiger partial charge < -0.3 is 14.0 Å². The molecule has 23 heavy (non-hydrogen) atoms. The van der Waals surface area contributed by atoms with E-state index in [9.17, 15) is 0 Å². The molecule has 2 heterocycles. The van der Waals surface area contributed by atoms with Gasteiger partial charge in [0.05, 0.1) is 16.8 Å². The minimum atomic E-state index is -1.05. The highest BCUT2D eigenvalue weighted by atomic mass is 28.3. The zero-order valence-corrected chi connectivity index (χ0v) is 16.9. The lowest BCUT2D eigenvalue weighted by Gasteiger charge is -2.32. The van der Waals surface area contributed by atoms with Crippen LogP contribution in [0.4, 0.5) is 0 Å². The summed E-state index contributed by atoms with van der Waals surface area (Å²) in [5.41, 5.74) is 1.18. The molecule has 1 saturated heterocycles. The molecule has 0 saturated carbocycles. The van der Waals surface area contributed by atoms with Crippen LogP contribution >= 0.6 is 0 Å². The maximum atomic E-state index is 6.06. The molecule has 1 aliphatic heterocycles. The van der Waals surface area contributed by atoms with Crippen molar-refractivity contribution in [2.45, 2.75) is 78.2 Å². The number of hydrogen-bond donors (Lipinski definition) is 0. The zero-order chi connectivity index (χ0) is 17.5. The Kier molecular flexibility index (Phi) is 5.17. The molecule has 0 spiro atoms. The third-order valence-electron chi connectivity index (χ3n) is 4.70. The lowest BCUT2D eigenvalue weighted by molar-refractivity contribution is 0.00578. The van der Waals surface area contributed by atoms with Gasteiger partial charge in [-0.2, -0.15) is 5.10 Å². The molecule has 0 N–H and O–H groups in total. The standard InChI is InChI=1S/C16H31BN2O3Si/c1-13-11-14(17-21-15(2,3)16(4,5)22-17)18-19(13)12-20-9-10-23(6,7)8/h11H,9-10,12H2,1-8H3. The SMILES string of the molecule is Cc1cc(B2OC(C)(C)C(C)(C)O2)nn1COCC[Si](C)(C)C. The molecule has 2 rings (SSSR count). The van der Waals surface area contributed by atoms with E-state index >= 15 is 0 Å². The lowest BCUT2D eigenvalue weighted by atomic mass is 9.85. The quantitative estimate of drug-likeness (QED) is 0.591. The predicted octanol–water partition coefficient (Wildman–Crippen LogP) is 2.80. The normalized spacial score (nSPS) is 20.3. The number of ether oxygens (including phenoxy) is 1. The minimum Gasteiger partial charge on any atom is -0.398 e. The first kappa shape index (κ1) is 18.7. The summed E-state index contributed by atoms with van der Waals surface area (Å²) in [4.78, 5) is 0. The largest absolute Gasteiger partial charge is 0.516 e. The Balaban J connectivity index is 1.97. The molecule has 1 aliphatic rings. The Morgan fingerprint density at radius 3 is 2.26 bits per heavy atom. The molecular formula is C16H31BN2O3Si. The Morgan fingerprint density at radius 2 is 1.74 bits per heavy atom. The molecule has 0 amide bonds. The molecule has 0 unspecified atom stereocenters. The second kappa shape index (κ2) is 6.35. The average Bonchev–Trinajstić information content (AvgIpc) is 2.83. The van der Waals surface area contributed by atoms with Crippen LogP contribution in [0.1, 0.15) is 33.4 Å². The van der Waals surface area contributed by atoms with Gasteiger partial charge in [-0.25, -0.2) is 4.68 Å². The summed E-state index contributed by atoms with van der Waals surface area (Å²) in [7, 11) is -1.47. The van der Waals surface area contributed by atoms with Crippen LogP contribution in [0.5, 0.6) is 0 Å². The summed E-state index contributed by atoms with van der Waals surface area (Å²) >= 11 is 0. The highest BCUT2D eigenvalue weighted by Gasteiger charge is 2.52. The maximum absolute atomic E-state index is 6.06. The molecule has 7 heteroatoms. The Morgan fingerprint density at radius 1 is 1.17 bits per heavy atom. The van der Waals surface area contributed by atoms with E-state index in [0.717, 1.165) is 23.9 Å². The predicted molar refractivity (Wildman–Crippen MR) is 96.8 cm³/mol. The maximum Gasteiger partial charge on any atom is 0.516 e. The number of nitrogens with zero attached hydrogens (tertiary/aromatic N) is 2. The summed E-state index contributed by atoms with van der Waals surface area (Å²) in [5, 5.41) is 4.61. The van der Waals surface area contributed by atoms with E-state index in [2.05, 4.69) is 52.4 Å². The fourth-order valence-electron chi connectivity index (χ4n) is 2.27. The molecule has 0 radical (unpaired) electrons. The average molecular weight is 338 g/mol. The lowest BCUT2D eigenvalue weighted by Crippen LogP contribution is -2.41. The summed E-state index contributed by atoms with van der Waals surface area (Å²) in [6.07, 6.45) is 0. The summed E-state index contributed by atoms with van der Waals surface area (Å²) in [5.74, 6) is 0. The van der Waals surface area contributed by atoms with Crippen molar-refractivity contribution in [3.8, 4) is 0 Å². The van der Waals surface area contributed by atoms with Crippen molar-refractivity contribution in [2.75, 3.05) is 6.61 Å². The topological polar surface area (TPSA) is 45.5 Å². The van der Waals surface area contributed by atoms with Crippen LogP contribution in [0.2, 0.25) is 25.7 Å². The van der Waals surface area contributed by atoms with Crippen molar-refractivity contribution in [3.05, 3.63) is 11.8 Å². The van der Waals surface area contributed by atoms with Gasteiger partial charge in [-0.05, 0) is 46.7 Å². The third kappa shape index (κ3) is 4.47. The molecule has 1 aromatic rings. The van der Waals surface area contributed by atoms with Crippen molar-refractivity contribution in [2.24, 2.45) is 0 Å². The van der Waals surface area contributed by atoms with Crippen molar-refractivity contribution in [1.29, 1.82) is 0 Å². The Bertz CT molecular complexity index is 536. The van der Waals surface area contributed by atoms with E-state index in [-0.39, 0.29) is 11.2 Å². The molecular weight excluding hydrogens is 307 g/mol. The first-order chi connectivity index (χ1) is 10.4. The van der Waals surface area contributed by atoms with Crippen LogP contribution in [0, 0.1) is 6.92 Å². The van der Waals surface area contributed by atoms with Gasteiger partial charge in [0.2, 0.25) is 0 Å². The summed E-state index contributed by atoms with van der Waals surface area (Å²) in [6.45, 7) is 18.6. The Labute approximate surface area is 141 Å². The number of aromatic nitrogens is 2. The van der Waals surface area contributed by atoms with Crippen LogP contribution in [0.15, 0.2) is 6.07 Å². The minimum absolute atomic E-state index is 0.344. The van der Waals surface area contributed by atoms with Gasteiger partial charge >= 0.3 is 7.12 Å². The molecule has 0 aromatic carbocycles. The van der Waals surface area contributed by atoms with Gasteiger partial charge in [0.15, 0.2) is 0 Å². The fourth-order valence-corrected chi connectivity index (χ4v) is 3.03. The van der Waals surface area contributed by atoms with Crippen molar-refractivity contribution >= 4 is 20.8 Å².